The zero-order valence-corrected chi connectivity index (χ0v) is 12.6. The molecule has 0 aromatic heterocycles. The molecule has 2 aliphatic carbocycles. The van der Waals surface area contributed by atoms with Gasteiger partial charge in [0.1, 0.15) is 5.76 Å². The van der Waals surface area contributed by atoms with Gasteiger partial charge in [-0.15, -0.1) is 0 Å². The van der Waals surface area contributed by atoms with E-state index in [2.05, 4.69) is 22.9 Å². The molecule has 0 aromatic rings. The zero-order chi connectivity index (χ0) is 13.2. The molecule has 2 aliphatic rings. The van der Waals surface area contributed by atoms with E-state index < -0.39 is 5.60 Å². The zero-order valence-electron chi connectivity index (χ0n) is 11.0. The summed E-state index contributed by atoms with van der Waals surface area (Å²) in [6.45, 7) is 2.34. The quantitative estimate of drug-likeness (QED) is 0.807. The second-order valence-electron chi connectivity index (χ2n) is 5.10. The Labute approximate surface area is 117 Å². The molecule has 0 bridgehead atoms. The summed E-state index contributed by atoms with van der Waals surface area (Å²) in [6.07, 6.45) is 6.70. The molecule has 2 rings (SSSR count). The Hall–Kier alpha value is -0.320. The van der Waals surface area contributed by atoms with Crippen LogP contribution < -0.4 is 0 Å². The van der Waals surface area contributed by atoms with Crippen LogP contribution in [0, 0.1) is 5.92 Å². The fourth-order valence-corrected chi connectivity index (χ4v) is 3.99. The number of hydrogen-bond donors (Lipinski definition) is 1. The van der Waals surface area contributed by atoms with Crippen molar-refractivity contribution in [1.82, 2.24) is 0 Å². The van der Waals surface area contributed by atoms with Crippen LogP contribution in [0.4, 0.5) is 0 Å². The van der Waals surface area contributed by atoms with E-state index >= 15 is 0 Å². The Balaban J connectivity index is 2.25. The Morgan fingerprint density at radius 3 is 3.00 bits per heavy atom. The van der Waals surface area contributed by atoms with Crippen LogP contribution in [0.3, 0.4) is 0 Å². The summed E-state index contributed by atoms with van der Waals surface area (Å²) in [5.41, 5.74) is 0.534. The van der Waals surface area contributed by atoms with Gasteiger partial charge in [-0.2, -0.15) is 0 Å². The molecule has 4 heteroatoms. The Bertz CT molecular complexity index is 375. The first kappa shape index (κ1) is 14.1. The lowest BCUT2D eigenvalue weighted by molar-refractivity contribution is -0.00545. The summed E-state index contributed by atoms with van der Waals surface area (Å²) >= 11 is 3.60. The van der Waals surface area contributed by atoms with E-state index in [1.807, 2.05) is 6.08 Å². The van der Waals surface area contributed by atoms with Crippen molar-refractivity contribution in [2.24, 2.45) is 5.92 Å². The third-order valence-electron chi connectivity index (χ3n) is 3.99. The van der Waals surface area contributed by atoms with Crippen molar-refractivity contribution < 1.29 is 14.6 Å². The predicted octanol–water partition coefficient (Wildman–Crippen LogP) is 3.48. The molecule has 0 saturated heterocycles. The number of methoxy groups -OCH3 is 1. The van der Waals surface area contributed by atoms with Gasteiger partial charge in [0.15, 0.2) is 6.79 Å². The monoisotopic (exact) mass is 316 g/mol. The van der Waals surface area contributed by atoms with Crippen LogP contribution in [0.1, 0.15) is 39.0 Å². The van der Waals surface area contributed by atoms with E-state index in [1.54, 1.807) is 7.11 Å². The van der Waals surface area contributed by atoms with E-state index in [-0.39, 0.29) is 6.79 Å². The van der Waals surface area contributed by atoms with Crippen LogP contribution >= 0.6 is 15.9 Å². The molecule has 0 aliphatic heterocycles. The molecule has 0 spiro atoms. The number of halogens is 1. The summed E-state index contributed by atoms with van der Waals surface area (Å²) in [5, 5.41) is 10.7. The smallest absolute Gasteiger partial charge is 0.188 e. The average Bonchev–Trinajstić information content (AvgIpc) is 2.36. The fourth-order valence-electron chi connectivity index (χ4n) is 3.04. The summed E-state index contributed by atoms with van der Waals surface area (Å²) < 4.78 is 11.5. The number of aliphatic hydroxyl groups is 1. The van der Waals surface area contributed by atoms with Crippen molar-refractivity contribution in [2.45, 2.75) is 44.6 Å². The van der Waals surface area contributed by atoms with Crippen molar-refractivity contribution in [3.05, 3.63) is 21.9 Å². The van der Waals surface area contributed by atoms with Crippen molar-refractivity contribution in [3.63, 3.8) is 0 Å². The van der Waals surface area contributed by atoms with Gasteiger partial charge >= 0.3 is 0 Å². The number of ether oxygens (including phenoxy) is 2. The van der Waals surface area contributed by atoms with Gasteiger partial charge < -0.3 is 14.6 Å². The maximum Gasteiger partial charge on any atom is 0.188 e. The third kappa shape index (κ3) is 2.65. The van der Waals surface area contributed by atoms with E-state index in [9.17, 15) is 5.11 Å². The van der Waals surface area contributed by atoms with Crippen LogP contribution in [-0.4, -0.2) is 24.6 Å². The number of rotatable bonds is 4. The lowest BCUT2D eigenvalue weighted by Crippen LogP contribution is -2.39. The van der Waals surface area contributed by atoms with Crippen molar-refractivity contribution >= 4 is 15.9 Å². The lowest BCUT2D eigenvalue weighted by Gasteiger charge is -2.42. The van der Waals surface area contributed by atoms with Crippen LogP contribution in [-0.2, 0) is 9.47 Å². The van der Waals surface area contributed by atoms with Gasteiger partial charge in [0.05, 0.1) is 5.60 Å². The van der Waals surface area contributed by atoms with Gasteiger partial charge in [0, 0.05) is 18.0 Å². The minimum absolute atomic E-state index is 0.284. The van der Waals surface area contributed by atoms with Gasteiger partial charge in [-0.05, 0) is 43.3 Å². The number of hydrogen-bond acceptors (Lipinski definition) is 3. The standard InChI is InChI=1S/C14H21BrO3/c1-3-14(16)6-4-5-10-7-11(18-9-17-2)8-12(15)13(10)14/h8,10,16H,3-7,9H2,1-2H3. The van der Waals surface area contributed by atoms with E-state index in [0.29, 0.717) is 5.92 Å². The molecule has 18 heavy (non-hydrogen) atoms. The average molecular weight is 317 g/mol. The molecular weight excluding hydrogens is 296 g/mol. The first-order valence-corrected chi connectivity index (χ1v) is 7.35. The molecule has 0 radical (unpaired) electrons. The molecule has 1 fully saturated rings. The van der Waals surface area contributed by atoms with Crippen molar-refractivity contribution in [2.75, 3.05) is 13.9 Å². The summed E-state index contributed by atoms with van der Waals surface area (Å²) in [4.78, 5) is 0. The first-order chi connectivity index (χ1) is 8.60. The summed E-state index contributed by atoms with van der Waals surface area (Å²) in [7, 11) is 1.62. The Morgan fingerprint density at radius 2 is 2.33 bits per heavy atom. The highest BCUT2D eigenvalue weighted by Crippen LogP contribution is 2.47. The van der Waals surface area contributed by atoms with Gasteiger partial charge in [-0.1, -0.05) is 22.9 Å². The highest BCUT2D eigenvalue weighted by Gasteiger charge is 2.41. The largest absolute Gasteiger partial charge is 0.472 e. The molecule has 3 nitrogen and oxygen atoms in total. The van der Waals surface area contributed by atoms with E-state index in [4.69, 9.17) is 9.47 Å². The maximum atomic E-state index is 10.7. The van der Waals surface area contributed by atoms with Gasteiger partial charge in [-0.25, -0.2) is 0 Å². The fraction of sp³-hybridized carbons (Fsp3) is 0.714. The minimum atomic E-state index is -0.634. The molecule has 1 N–H and O–H groups in total. The highest BCUT2D eigenvalue weighted by molar-refractivity contribution is 9.11. The highest BCUT2D eigenvalue weighted by atomic mass is 79.9. The molecule has 2 unspecified atom stereocenters. The molecule has 102 valence electrons. The lowest BCUT2D eigenvalue weighted by atomic mass is 9.69. The first-order valence-electron chi connectivity index (χ1n) is 6.55. The normalized spacial score (nSPS) is 32.0. The maximum absolute atomic E-state index is 10.7. The topological polar surface area (TPSA) is 38.7 Å². The van der Waals surface area contributed by atoms with E-state index in [0.717, 1.165) is 42.3 Å². The Morgan fingerprint density at radius 1 is 1.56 bits per heavy atom. The van der Waals surface area contributed by atoms with Crippen molar-refractivity contribution in [3.8, 4) is 0 Å². The molecule has 0 amide bonds. The second-order valence-corrected chi connectivity index (χ2v) is 5.96. The summed E-state index contributed by atoms with van der Waals surface area (Å²) in [5.74, 6) is 1.34. The van der Waals surface area contributed by atoms with Gasteiger partial charge in [0.2, 0.25) is 0 Å². The van der Waals surface area contributed by atoms with E-state index in [1.165, 1.54) is 5.57 Å². The SMILES string of the molecule is CCC1(O)CCCC2CC(OCOC)=CC(Br)=C21. The third-order valence-corrected chi connectivity index (χ3v) is 4.65. The van der Waals surface area contributed by atoms with Gasteiger partial charge in [-0.3, -0.25) is 0 Å². The van der Waals surface area contributed by atoms with Crippen LogP contribution in [0.15, 0.2) is 21.9 Å². The molecule has 0 heterocycles. The van der Waals surface area contributed by atoms with Gasteiger partial charge in [0.25, 0.3) is 0 Å². The number of allylic oxidation sites excluding steroid dienone is 3. The van der Waals surface area contributed by atoms with Crippen molar-refractivity contribution in [1.29, 1.82) is 0 Å². The molecular formula is C14H21BrO3. The molecule has 0 aromatic carbocycles. The minimum Gasteiger partial charge on any atom is -0.472 e. The summed E-state index contributed by atoms with van der Waals surface area (Å²) in [6, 6.07) is 0. The Kier molecular flexibility index (Phi) is 4.51. The van der Waals surface area contributed by atoms with Crippen LogP contribution in [0.5, 0.6) is 0 Å². The van der Waals surface area contributed by atoms with Crippen LogP contribution in [0.2, 0.25) is 0 Å². The number of fused-ring (bicyclic) bond motifs is 1. The molecule has 2 atom stereocenters. The van der Waals surface area contributed by atoms with Crippen LogP contribution in [0.25, 0.3) is 0 Å². The second kappa shape index (κ2) is 5.76. The molecule has 1 saturated carbocycles. The predicted molar refractivity (Wildman–Crippen MR) is 74.2 cm³/mol.